The average molecular weight is 333 g/mol. The summed E-state index contributed by atoms with van der Waals surface area (Å²) in [4.78, 5) is 16.7. The van der Waals surface area contributed by atoms with Gasteiger partial charge in [-0.05, 0) is 26.3 Å². The number of aryl methyl sites for hydroxylation is 1. The number of rotatable bonds is 7. The van der Waals surface area contributed by atoms with E-state index >= 15 is 0 Å². The van der Waals surface area contributed by atoms with Gasteiger partial charge in [0.05, 0.1) is 13.7 Å². The lowest BCUT2D eigenvalue weighted by atomic mass is 10.1. The van der Waals surface area contributed by atoms with Gasteiger partial charge >= 0.3 is 0 Å². The van der Waals surface area contributed by atoms with E-state index in [0.717, 1.165) is 44.9 Å². The number of carbonyl (C=O) groups is 1. The fourth-order valence-corrected chi connectivity index (χ4v) is 3.00. The largest absolute Gasteiger partial charge is 0.496 e. The van der Waals surface area contributed by atoms with Gasteiger partial charge < -0.3 is 10.1 Å². The lowest BCUT2D eigenvalue weighted by Gasteiger charge is -2.34. The number of nitrogens with zero attached hydrogens (tertiary/aromatic N) is 2. The molecule has 24 heavy (non-hydrogen) atoms. The van der Waals surface area contributed by atoms with E-state index in [4.69, 9.17) is 4.74 Å². The first-order valence-corrected chi connectivity index (χ1v) is 8.89. The number of hydrogen-bond acceptors (Lipinski definition) is 4. The summed E-state index contributed by atoms with van der Waals surface area (Å²) in [6.07, 6.45) is 0.970. The van der Waals surface area contributed by atoms with Crippen LogP contribution in [0.3, 0.4) is 0 Å². The van der Waals surface area contributed by atoms with Gasteiger partial charge in [0.1, 0.15) is 5.75 Å². The summed E-state index contributed by atoms with van der Waals surface area (Å²) in [7, 11) is 1.72. The van der Waals surface area contributed by atoms with Gasteiger partial charge in [-0.25, -0.2) is 0 Å². The SMILES string of the molecule is CC[C@@H](C)NC(=O)CN1CCN(Cc2cc(C)ccc2OC)CC1. The molecule has 1 aliphatic rings. The van der Waals surface area contributed by atoms with Crippen LogP contribution in [0.1, 0.15) is 31.4 Å². The summed E-state index contributed by atoms with van der Waals surface area (Å²) in [6.45, 7) is 11.5. The van der Waals surface area contributed by atoms with Crippen molar-refractivity contribution < 1.29 is 9.53 Å². The van der Waals surface area contributed by atoms with E-state index in [1.807, 2.05) is 13.0 Å². The van der Waals surface area contributed by atoms with Crippen LogP contribution in [0.4, 0.5) is 0 Å². The van der Waals surface area contributed by atoms with E-state index < -0.39 is 0 Å². The fraction of sp³-hybridized carbons (Fsp3) is 0.632. The molecular weight excluding hydrogens is 302 g/mol. The highest BCUT2D eigenvalue weighted by Gasteiger charge is 2.20. The van der Waals surface area contributed by atoms with E-state index in [1.165, 1.54) is 11.1 Å². The molecule has 1 aliphatic heterocycles. The molecule has 0 spiro atoms. The standard InChI is InChI=1S/C19H31N3O2/c1-5-16(3)20-19(23)14-22-10-8-21(9-11-22)13-17-12-15(2)6-7-18(17)24-4/h6-7,12,16H,5,8-11,13-14H2,1-4H3,(H,20,23)/t16-/m1/s1. The zero-order chi connectivity index (χ0) is 17.5. The normalized spacial score (nSPS) is 17.5. The number of nitrogens with one attached hydrogen (secondary N) is 1. The van der Waals surface area contributed by atoms with Crippen molar-refractivity contribution in [2.24, 2.45) is 0 Å². The van der Waals surface area contributed by atoms with Crippen molar-refractivity contribution in [1.29, 1.82) is 0 Å². The zero-order valence-electron chi connectivity index (χ0n) is 15.5. The minimum atomic E-state index is 0.137. The molecular formula is C19H31N3O2. The quantitative estimate of drug-likeness (QED) is 0.829. The third kappa shape index (κ3) is 5.49. The average Bonchev–Trinajstić information content (AvgIpc) is 2.56. The van der Waals surface area contributed by atoms with Crippen molar-refractivity contribution >= 4 is 5.91 Å². The molecule has 0 radical (unpaired) electrons. The molecule has 1 aromatic rings. The minimum Gasteiger partial charge on any atom is -0.496 e. The van der Waals surface area contributed by atoms with Crippen molar-refractivity contribution in [3.05, 3.63) is 29.3 Å². The predicted molar refractivity (Wildman–Crippen MR) is 97.3 cm³/mol. The van der Waals surface area contributed by atoms with Crippen molar-refractivity contribution in [1.82, 2.24) is 15.1 Å². The summed E-state index contributed by atoms with van der Waals surface area (Å²) < 4.78 is 5.47. The van der Waals surface area contributed by atoms with E-state index in [2.05, 4.69) is 41.1 Å². The maximum absolute atomic E-state index is 12.0. The smallest absolute Gasteiger partial charge is 0.234 e. The number of piperazine rings is 1. The third-order valence-corrected chi connectivity index (χ3v) is 4.68. The Morgan fingerprint density at radius 1 is 1.25 bits per heavy atom. The summed E-state index contributed by atoms with van der Waals surface area (Å²) in [5.74, 6) is 1.09. The zero-order valence-corrected chi connectivity index (χ0v) is 15.5. The number of methoxy groups -OCH3 is 1. The molecule has 5 heteroatoms. The van der Waals surface area contributed by atoms with Crippen LogP contribution in [0.25, 0.3) is 0 Å². The van der Waals surface area contributed by atoms with Gasteiger partial charge in [0.15, 0.2) is 0 Å². The van der Waals surface area contributed by atoms with E-state index in [0.29, 0.717) is 6.54 Å². The molecule has 1 fully saturated rings. The summed E-state index contributed by atoms with van der Waals surface area (Å²) in [5.41, 5.74) is 2.49. The predicted octanol–water partition coefficient (Wildman–Crippen LogP) is 2.04. The van der Waals surface area contributed by atoms with Crippen LogP contribution < -0.4 is 10.1 Å². The molecule has 0 bridgehead atoms. The number of hydrogen-bond donors (Lipinski definition) is 1. The van der Waals surface area contributed by atoms with Gasteiger partial charge in [0, 0.05) is 44.3 Å². The van der Waals surface area contributed by atoms with E-state index in [9.17, 15) is 4.79 Å². The Balaban J connectivity index is 1.81. The van der Waals surface area contributed by atoms with Crippen LogP contribution >= 0.6 is 0 Å². The van der Waals surface area contributed by atoms with Gasteiger partial charge in [-0.3, -0.25) is 14.6 Å². The maximum Gasteiger partial charge on any atom is 0.234 e. The molecule has 1 saturated heterocycles. The van der Waals surface area contributed by atoms with Crippen molar-refractivity contribution in [2.75, 3.05) is 39.8 Å². The number of amides is 1. The molecule has 5 nitrogen and oxygen atoms in total. The Morgan fingerprint density at radius 3 is 2.54 bits per heavy atom. The van der Waals surface area contributed by atoms with Crippen LogP contribution in [0.2, 0.25) is 0 Å². The van der Waals surface area contributed by atoms with Crippen LogP contribution in [0, 0.1) is 6.92 Å². The van der Waals surface area contributed by atoms with Crippen molar-refractivity contribution in [3.8, 4) is 5.75 Å². The Morgan fingerprint density at radius 2 is 1.92 bits per heavy atom. The van der Waals surface area contributed by atoms with Crippen LogP contribution in [0.5, 0.6) is 5.75 Å². The lowest BCUT2D eigenvalue weighted by molar-refractivity contribution is -0.123. The molecule has 0 aromatic heterocycles. The second-order valence-electron chi connectivity index (χ2n) is 6.74. The molecule has 134 valence electrons. The second-order valence-corrected chi connectivity index (χ2v) is 6.74. The van der Waals surface area contributed by atoms with Gasteiger partial charge in [0.25, 0.3) is 0 Å². The van der Waals surface area contributed by atoms with Crippen molar-refractivity contribution in [2.45, 2.75) is 39.8 Å². The highest BCUT2D eigenvalue weighted by molar-refractivity contribution is 5.78. The number of benzene rings is 1. The second kappa shape index (κ2) is 9.04. The highest BCUT2D eigenvalue weighted by Crippen LogP contribution is 2.21. The summed E-state index contributed by atoms with van der Waals surface area (Å²) in [5, 5.41) is 3.04. The molecule has 2 rings (SSSR count). The molecule has 0 aliphatic carbocycles. The topological polar surface area (TPSA) is 44.8 Å². The van der Waals surface area contributed by atoms with Crippen LogP contribution in [0.15, 0.2) is 18.2 Å². The van der Waals surface area contributed by atoms with Gasteiger partial charge in [-0.15, -0.1) is 0 Å². The number of ether oxygens (including phenoxy) is 1. The molecule has 1 N–H and O–H groups in total. The van der Waals surface area contributed by atoms with Gasteiger partial charge in [-0.1, -0.05) is 24.6 Å². The first kappa shape index (κ1) is 18.7. The Bertz CT molecular complexity index is 539. The minimum absolute atomic E-state index is 0.137. The van der Waals surface area contributed by atoms with Crippen LogP contribution in [-0.2, 0) is 11.3 Å². The summed E-state index contributed by atoms with van der Waals surface area (Å²) >= 11 is 0. The Kier molecular flexibility index (Phi) is 7.06. The van der Waals surface area contributed by atoms with Gasteiger partial charge in [0.2, 0.25) is 5.91 Å². The van der Waals surface area contributed by atoms with E-state index in [-0.39, 0.29) is 11.9 Å². The maximum atomic E-state index is 12.0. The first-order chi connectivity index (χ1) is 11.5. The molecule has 1 heterocycles. The Labute approximate surface area is 146 Å². The molecule has 1 amide bonds. The molecule has 1 atom stereocenters. The summed E-state index contributed by atoms with van der Waals surface area (Å²) in [6, 6.07) is 6.58. The Hall–Kier alpha value is -1.59. The lowest BCUT2D eigenvalue weighted by Crippen LogP contribution is -2.49. The third-order valence-electron chi connectivity index (χ3n) is 4.68. The first-order valence-electron chi connectivity index (χ1n) is 8.89. The molecule has 0 unspecified atom stereocenters. The highest BCUT2D eigenvalue weighted by atomic mass is 16.5. The van der Waals surface area contributed by atoms with Crippen LogP contribution in [-0.4, -0.2) is 61.6 Å². The van der Waals surface area contributed by atoms with E-state index in [1.54, 1.807) is 7.11 Å². The number of carbonyl (C=O) groups excluding carboxylic acids is 1. The molecule has 0 saturated carbocycles. The monoisotopic (exact) mass is 333 g/mol. The van der Waals surface area contributed by atoms with Gasteiger partial charge in [-0.2, -0.15) is 0 Å². The molecule has 1 aromatic carbocycles. The fourth-order valence-electron chi connectivity index (χ4n) is 3.00. The van der Waals surface area contributed by atoms with Crippen molar-refractivity contribution in [3.63, 3.8) is 0 Å².